The van der Waals surface area contributed by atoms with Crippen LogP contribution in [0.3, 0.4) is 0 Å². The summed E-state index contributed by atoms with van der Waals surface area (Å²) in [5.74, 6) is 0. The molecular formula is C26H36N2. The maximum absolute atomic E-state index is 4.94. The predicted octanol–water partition coefficient (Wildman–Crippen LogP) is 8.04. The summed E-state index contributed by atoms with van der Waals surface area (Å²) in [7, 11) is 0. The molecule has 2 rings (SSSR count). The van der Waals surface area contributed by atoms with Gasteiger partial charge < -0.3 is 0 Å². The van der Waals surface area contributed by atoms with Gasteiger partial charge in [0.05, 0.1) is 17.1 Å². The van der Waals surface area contributed by atoms with Gasteiger partial charge in [-0.05, 0) is 67.5 Å². The van der Waals surface area contributed by atoms with E-state index >= 15 is 0 Å². The lowest BCUT2D eigenvalue weighted by Gasteiger charge is -2.09. The Bertz CT molecular complexity index is 716. The number of benzene rings is 2. The first-order valence-electron chi connectivity index (χ1n) is 11.0. The highest BCUT2D eigenvalue weighted by atomic mass is 14.8. The van der Waals surface area contributed by atoms with E-state index in [1.807, 2.05) is 36.5 Å². The summed E-state index contributed by atoms with van der Waals surface area (Å²) < 4.78 is 0. The molecule has 0 aromatic heterocycles. The van der Waals surface area contributed by atoms with E-state index in [2.05, 4.69) is 44.0 Å². The Labute approximate surface area is 171 Å². The number of aryl methyl sites for hydroxylation is 2. The van der Waals surface area contributed by atoms with E-state index in [0.29, 0.717) is 0 Å². The van der Waals surface area contributed by atoms with E-state index < -0.39 is 0 Å². The fourth-order valence-electron chi connectivity index (χ4n) is 3.28. The van der Waals surface area contributed by atoms with Crippen LogP contribution >= 0.6 is 0 Å². The van der Waals surface area contributed by atoms with Crippen LogP contribution < -0.4 is 0 Å². The zero-order chi connectivity index (χ0) is 20.0. The molecule has 0 aliphatic rings. The highest BCUT2D eigenvalue weighted by Gasteiger charge is 2.03. The first-order valence-corrected chi connectivity index (χ1v) is 11.0. The Balaban J connectivity index is 2.21. The first kappa shape index (κ1) is 22.1. The third kappa shape index (κ3) is 8.21. The minimum Gasteiger partial charge on any atom is -0.255 e. The molecule has 28 heavy (non-hydrogen) atoms. The van der Waals surface area contributed by atoms with E-state index in [9.17, 15) is 0 Å². The second-order valence-electron chi connectivity index (χ2n) is 7.47. The van der Waals surface area contributed by atoms with Crippen LogP contribution in [0.5, 0.6) is 0 Å². The molecule has 2 aromatic carbocycles. The average Bonchev–Trinajstić information content (AvgIpc) is 2.72. The molecular weight excluding hydrogens is 340 g/mol. The molecule has 0 radical (unpaired) electrons. The van der Waals surface area contributed by atoms with Crippen LogP contribution in [0.1, 0.15) is 76.8 Å². The van der Waals surface area contributed by atoms with Crippen molar-refractivity contribution in [2.75, 3.05) is 0 Å². The van der Waals surface area contributed by atoms with Crippen LogP contribution in [0.4, 0.5) is 11.4 Å². The van der Waals surface area contributed by atoms with Crippen LogP contribution in [-0.4, -0.2) is 11.9 Å². The summed E-state index contributed by atoms with van der Waals surface area (Å²) in [6, 6.07) is 17.0. The van der Waals surface area contributed by atoms with Gasteiger partial charge in [-0.15, -0.1) is 0 Å². The maximum atomic E-state index is 4.94. The minimum atomic E-state index is 0.877. The van der Waals surface area contributed by atoms with Gasteiger partial charge in [0.25, 0.3) is 0 Å². The highest BCUT2D eigenvalue weighted by molar-refractivity contribution is 6.31. The van der Waals surface area contributed by atoms with Crippen molar-refractivity contribution in [1.29, 1.82) is 0 Å². The molecule has 2 nitrogen and oxygen atoms in total. The fraction of sp³-hybridized carbons (Fsp3) is 0.462. The number of rotatable bonds is 12. The summed E-state index contributed by atoms with van der Waals surface area (Å²) in [6.07, 6.45) is 12.7. The third-order valence-electron chi connectivity index (χ3n) is 4.93. The molecule has 0 saturated carbocycles. The lowest BCUT2D eigenvalue weighted by Crippen LogP contribution is -1.97. The molecule has 0 amide bonds. The Hall–Kier alpha value is -2.22. The van der Waals surface area contributed by atoms with E-state index in [1.54, 1.807) is 0 Å². The summed E-state index contributed by atoms with van der Waals surface area (Å²) in [6.45, 7) is 6.66. The molecule has 0 fully saturated rings. The van der Waals surface area contributed by atoms with Gasteiger partial charge in [-0.3, -0.25) is 9.98 Å². The summed E-state index contributed by atoms with van der Waals surface area (Å²) >= 11 is 0. The fourth-order valence-corrected chi connectivity index (χ4v) is 3.28. The quantitative estimate of drug-likeness (QED) is 0.264. The van der Waals surface area contributed by atoms with Gasteiger partial charge in [0, 0.05) is 6.21 Å². The largest absolute Gasteiger partial charge is 0.255 e. The standard InChI is InChI=1S/C26H36N2/c1-4-7-10-14-22-18-23(15-11-8-5-2)20-26(19-22)28-24(6-3)21-27-25-16-12-9-13-17-25/h9,12-13,16-21H,4-8,10-11,14-15H2,1-3H3. The summed E-state index contributed by atoms with van der Waals surface area (Å²) in [5.41, 5.74) is 5.93. The normalized spacial score (nSPS) is 12.0. The van der Waals surface area contributed by atoms with Gasteiger partial charge in [-0.25, -0.2) is 0 Å². The number of hydrogen-bond acceptors (Lipinski definition) is 2. The molecule has 0 heterocycles. The van der Waals surface area contributed by atoms with Crippen LogP contribution in [0, 0.1) is 0 Å². The molecule has 0 aliphatic carbocycles. The van der Waals surface area contributed by atoms with E-state index in [1.165, 1.54) is 49.7 Å². The van der Waals surface area contributed by atoms with Crippen LogP contribution in [0.15, 0.2) is 58.5 Å². The van der Waals surface area contributed by atoms with Crippen molar-refractivity contribution in [3.8, 4) is 0 Å². The molecule has 150 valence electrons. The number of aliphatic imine (C=N–C) groups is 2. The van der Waals surface area contributed by atoms with E-state index in [4.69, 9.17) is 4.99 Å². The van der Waals surface area contributed by atoms with Gasteiger partial charge in [-0.1, -0.05) is 70.7 Å². The van der Waals surface area contributed by atoms with Crippen molar-refractivity contribution < 1.29 is 0 Å². The van der Waals surface area contributed by atoms with Crippen molar-refractivity contribution in [3.05, 3.63) is 59.7 Å². The van der Waals surface area contributed by atoms with Gasteiger partial charge in [0.1, 0.15) is 0 Å². The molecule has 0 bridgehead atoms. The van der Waals surface area contributed by atoms with Crippen molar-refractivity contribution in [2.45, 2.75) is 78.6 Å². The zero-order valence-electron chi connectivity index (χ0n) is 18.0. The van der Waals surface area contributed by atoms with Crippen molar-refractivity contribution in [1.82, 2.24) is 0 Å². The van der Waals surface area contributed by atoms with Gasteiger partial charge >= 0.3 is 0 Å². The first-order chi connectivity index (χ1) is 13.7. The predicted molar refractivity (Wildman–Crippen MR) is 125 cm³/mol. The maximum Gasteiger partial charge on any atom is 0.0639 e. The van der Waals surface area contributed by atoms with Gasteiger partial charge in [-0.2, -0.15) is 0 Å². The van der Waals surface area contributed by atoms with E-state index in [-0.39, 0.29) is 0 Å². The third-order valence-corrected chi connectivity index (χ3v) is 4.93. The second-order valence-corrected chi connectivity index (χ2v) is 7.47. The van der Waals surface area contributed by atoms with Gasteiger partial charge in [0.2, 0.25) is 0 Å². The lowest BCUT2D eigenvalue weighted by atomic mass is 10.00. The Morgan fingerprint density at radius 2 is 1.36 bits per heavy atom. The smallest absolute Gasteiger partial charge is 0.0639 e. The molecule has 0 saturated heterocycles. The molecule has 2 heteroatoms. The summed E-state index contributed by atoms with van der Waals surface area (Å²) in [5, 5.41) is 0. The van der Waals surface area contributed by atoms with Crippen molar-refractivity contribution in [3.63, 3.8) is 0 Å². The number of para-hydroxylation sites is 1. The number of hydrogen-bond donors (Lipinski definition) is 0. The molecule has 0 N–H and O–H groups in total. The Kier molecular flexibility index (Phi) is 10.3. The van der Waals surface area contributed by atoms with Crippen LogP contribution in [-0.2, 0) is 12.8 Å². The van der Waals surface area contributed by atoms with Crippen molar-refractivity contribution in [2.24, 2.45) is 9.98 Å². The Morgan fingerprint density at radius 1 is 0.750 bits per heavy atom. The average molecular weight is 377 g/mol. The molecule has 0 unspecified atom stereocenters. The van der Waals surface area contributed by atoms with Crippen LogP contribution in [0.25, 0.3) is 0 Å². The minimum absolute atomic E-state index is 0.877. The van der Waals surface area contributed by atoms with Gasteiger partial charge in [0.15, 0.2) is 0 Å². The molecule has 0 spiro atoms. The van der Waals surface area contributed by atoms with Crippen LogP contribution in [0.2, 0.25) is 0 Å². The number of unbranched alkanes of at least 4 members (excludes halogenated alkanes) is 4. The SMILES string of the molecule is CCCCCc1cc(CCCCC)cc(N=C(C=Nc2ccccc2)CC)c1. The van der Waals surface area contributed by atoms with Crippen molar-refractivity contribution >= 4 is 23.3 Å². The van der Waals surface area contributed by atoms with E-state index in [0.717, 1.165) is 36.3 Å². The monoisotopic (exact) mass is 376 g/mol. The summed E-state index contributed by atoms with van der Waals surface area (Å²) in [4.78, 5) is 9.52. The highest BCUT2D eigenvalue weighted by Crippen LogP contribution is 2.22. The topological polar surface area (TPSA) is 24.7 Å². The lowest BCUT2D eigenvalue weighted by molar-refractivity contribution is 0.709. The molecule has 0 atom stereocenters. The molecule has 2 aromatic rings. The molecule has 0 aliphatic heterocycles. The zero-order valence-corrected chi connectivity index (χ0v) is 18.0. The Morgan fingerprint density at radius 3 is 1.89 bits per heavy atom. The second kappa shape index (κ2) is 13.0. The number of nitrogens with zero attached hydrogens (tertiary/aromatic N) is 2.